The van der Waals surface area contributed by atoms with Crippen LogP contribution in [0.4, 0.5) is 17.3 Å². The first-order valence-corrected chi connectivity index (χ1v) is 15.9. The standard InChI is InChI=1S/C27H34ClN7O3S/c1-18-9-13-33(17-18)26-16-24(32-10-5-11-32)29-25-15-22(30-35(25)26)23-6-3-4-12-34(23)27(36)20-14-19(28)7-8-21(20)31-39(2,37)38/h7-8,14-16,18,23,31H,3-6,9-13,17H2,1-2H3/t18?,23-/m0/s1. The summed E-state index contributed by atoms with van der Waals surface area (Å²) in [7, 11) is -3.58. The summed E-state index contributed by atoms with van der Waals surface area (Å²) >= 11 is 6.24. The number of fused-ring (bicyclic) bond motifs is 1. The van der Waals surface area contributed by atoms with Gasteiger partial charge in [-0.15, -0.1) is 0 Å². The van der Waals surface area contributed by atoms with Crippen LogP contribution < -0.4 is 14.5 Å². The predicted octanol–water partition coefficient (Wildman–Crippen LogP) is 4.18. The van der Waals surface area contributed by atoms with Crippen LogP contribution in [-0.4, -0.2) is 72.8 Å². The number of hydrogen-bond donors (Lipinski definition) is 1. The van der Waals surface area contributed by atoms with Crippen molar-refractivity contribution in [2.75, 3.05) is 53.5 Å². The number of amides is 1. The zero-order chi connectivity index (χ0) is 27.3. The molecule has 6 rings (SSSR count). The highest BCUT2D eigenvalue weighted by molar-refractivity contribution is 7.92. The first-order chi connectivity index (χ1) is 18.7. The van der Waals surface area contributed by atoms with Crippen LogP contribution in [0.15, 0.2) is 30.3 Å². The molecule has 39 heavy (non-hydrogen) atoms. The van der Waals surface area contributed by atoms with Gasteiger partial charge in [0.25, 0.3) is 5.91 Å². The number of anilines is 3. The zero-order valence-corrected chi connectivity index (χ0v) is 23.9. The fourth-order valence-corrected chi connectivity index (χ4v) is 6.57. The third-order valence-corrected chi connectivity index (χ3v) is 8.78. The number of likely N-dealkylation sites (tertiary alicyclic amines) is 1. The van der Waals surface area contributed by atoms with Gasteiger partial charge in [0.15, 0.2) is 5.65 Å². The number of hydrogen-bond acceptors (Lipinski definition) is 7. The average Bonchev–Trinajstić information content (AvgIpc) is 3.48. The summed E-state index contributed by atoms with van der Waals surface area (Å²) in [5.74, 6) is 2.37. The van der Waals surface area contributed by atoms with E-state index in [1.54, 1.807) is 11.0 Å². The smallest absolute Gasteiger partial charge is 0.256 e. The third-order valence-electron chi connectivity index (χ3n) is 7.95. The van der Waals surface area contributed by atoms with Crippen LogP contribution in [0.3, 0.4) is 0 Å². The Morgan fingerprint density at radius 3 is 2.54 bits per heavy atom. The Hall–Kier alpha value is -3.05. The number of aromatic nitrogens is 3. The summed E-state index contributed by atoms with van der Waals surface area (Å²) in [4.78, 5) is 25.4. The van der Waals surface area contributed by atoms with Crippen molar-refractivity contribution in [3.8, 4) is 0 Å². The normalized spacial score (nSPS) is 21.9. The minimum absolute atomic E-state index is 0.220. The molecule has 1 N–H and O–H groups in total. The molecule has 208 valence electrons. The summed E-state index contributed by atoms with van der Waals surface area (Å²) in [6.07, 6.45) is 5.97. The van der Waals surface area contributed by atoms with E-state index < -0.39 is 10.0 Å². The Morgan fingerprint density at radius 1 is 1.03 bits per heavy atom. The number of halogens is 1. The van der Waals surface area contributed by atoms with E-state index in [-0.39, 0.29) is 23.2 Å². The Kier molecular flexibility index (Phi) is 6.83. The van der Waals surface area contributed by atoms with Crippen LogP contribution in [-0.2, 0) is 10.0 Å². The maximum atomic E-state index is 13.9. The van der Waals surface area contributed by atoms with Crippen LogP contribution in [0.5, 0.6) is 0 Å². The number of nitrogens with one attached hydrogen (secondary N) is 1. The summed E-state index contributed by atoms with van der Waals surface area (Å²) in [5.41, 5.74) is 2.03. The second kappa shape index (κ2) is 10.2. The van der Waals surface area contributed by atoms with Gasteiger partial charge >= 0.3 is 0 Å². The molecule has 0 aliphatic carbocycles. The quantitative estimate of drug-likeness (QED) is 0.473. The highest BCUT2D eigenvalue weighted by Crippen LogP contribution is 2.36. The number of nitrogens with zero attached hydrogens (tertiary/aromatic N) is 6. The van der Waals surface area contributed by atoms with Gasteiger partial charge in [0.1, 0.15) is 11.6 Å². The van der Waals surface area contributed by atoms with Crippen LogP contribution in [0.1, 0.15) is 61.1 Å². The second-order valence-corrected chi connectivity index (χ2v) is 13.3. The van der Waals surface area contributed by atoms with Crippen molar-refractivity contribution in [1.82, 2.24) is 19.5 Å². The molecule has 1 aromatic carbocycles. The molecule has 1 unspecified atom stereocenters. The van der Waals surface area contributed by atoms with Gasteiger partial charge in [0.05, 0.1) is 29.2 Å². The Labute approximate surface area is 234 Å². The first-order valence-electron chi connectivity index (χ1n) is 13.7. The van der Waals surface area contributed by atoms with Gasteiger partial charge in [-0.25, -0.2) is 13.4 Å². The molecular formula is C27H34ClN7O3S. The van der Waals surface area contributed by atoms with E-state index in [0.29, 0.717) is 17.5 Å². The maximum Gasteiger partial charge on any atom is 0.256 e. The van der Waals surface area contributed by atoms with Crippen molar-refractivity contribution in [3.63, 3.8) is 0 Å². The summed E-state index contributed by atoms with van der Waals surface area (Å²) in [5, 5.41) is 5.41. The molecule has 3 saturated heterocycles. The molecule has 0 spiro atoms. The highest BCUT2D eigenvalue weighted by atomic mass is 35.5. The summed E-state index contributed by atoms with van der Waals surface area (Å²) in [6.45, 7) is 6.80. The van der Waals surface area contributed by atoms with Crippen molar-refractivity contribution >= 4 is 50.5 Å². The number of carbonyl (C=O) groups is 1. The van der Waals surface area contributed by atoms with E-state index in [1.165, 1.54) is 18.6 Å². The van der Waals surface area contributed by atoms with Crippen LogP contribution in [0, 0.1) is 5.92 Å². The number of sulfonamides is 1. The molecule has 5 heterocycles. The van der Waals surface area contributed by atoms with Crippen molar-refractivity contribution in [1.29, 1.82) is 0 Å². The molecule has 2 aromatic heterocycles. The van der Waals surface area contributed by atoms with Crippen molar-refractivity contribution in [2.45, 2.75) is 45.1 Å². The molecule has 2 atom stereocenters. The largest absolute Gasteiger partial charge is 0.356 e. The average molecular weight is 572 g/mol. The fraction of sp³-hybridized carbons (Fsp3) is 0.519. The minimum atomic E-state index is -3.58. The van der Waals surface area contributed by atoms with Gasteiger partial charge < -0.3 is 14.7 Å². The molecule has 3 aromatic rings. The molecule has 10 nitrogen and oxygen atoms in total. The Bertz CT molecular complexity index is 1520. The zero-order valence-electron chi connectivity index (χ0n) is 22.3. The molecule has 0 saturated carbocycles. The highest BCUT2D eigenvalue weighted by Gasteiger charge is 2.33. The van der Waals surface area contributed by atoms with Gasteiger partial charge in [-0.1, -0.05) is 18.5 Å². The van der Waals surface area contributed by atoms with Crippen LogP contribution in [0.2, 0.25) is 5.02 Å². The molecule has 3 aliphatic rings. The SMILES string of the molecule is CC1CCN(c2cc(N3CCC3)nc3cc([C@@H]4CCCCN4C(=O)c4cc(Cl)ccc4NS(C)(=O)=O)nn23)C1. The van der Waals surface area contributed by atoms with E-state index in [4.69, 9.17) is 21.7 Å². The van der Waals surface area contributed by atoms with E-state index in [0.717, 1.165) is 81.1 Å². The van der Waals surface area contributed by atoms with Crippen molar-refractivity contribution in [3.05, 3.63) is 46.6 Å². The molecule has 1 amide bonds. The number of benzene rings is 1. The van der Waals surface area contributed by atoms with Gasteiger partial charge in [0.2, 0.25) is 10.0 Å². The minimum Gasteiger partial charge on any atom is -0.356 e. The van der Waals surface area contributed by atoms with Gasteiger partial charge in [-0.3, -0.25) is 9.52 Å². The Balaban J connectivity index is 1.39. The molecule has 0 bridgehead atoms. The number of rotatable bonds is 6. The third kappa shape index (κ3) is 5.26. The van der Waals surface area contributed by atoms with Crippen LogP contribution >= 0.6 is 11.6 Å². The van der Waals surface area contributed by atoms with Crippen LogP contribution in [0.25, 0.3) is 5.65 Å². The van der Waals surface area contributed by atoms with E-state index in [1.807, 2.05) is 10.6 Å². The second-order valence-electron chi connectivity index (χ2n) is 11.1. The summed E-state index contributed by atoms with van der Waals surface area (Å²) < 4.78 is 28.4. The molecule has 3 aliphatic heterocycles. The molecule has 0 radical (unpaired) electrons. The molecular weight excluding hydrogens is 538 g/mol. The van der Waals surface area contributed by atoms with Gasteiger partial charge in [-0.2, -0.15) is 9.61 Å². The van der Waals surface area contributed by atoms with Crippen molar-refractivity contribution in [2.24, 2.45) is 5.92 Å². The van der Waals surface area contributed by atoms with Gasteiger partial charge in [-0.05, 0) is 56.2 Å². The lowest BCUT2D eigenvalue weighted by Crippen LogP contribution is -2.39. The monoisotopic (exact) mass is 571 g/mol. The number of piperidine rings is 1. The lowest BCUT2D eigenvalue weighted by Gasteiger charge is -2.35. The molecule has 3 fully saturated rings. The van der Waals surface area contributed by atoms with Crippen molar-refractivity contribution < 1.29 is 13.2 Å². The fourth-order valence-electron chi connectivity index (χ4n) is 5.82. The first kappa shape index (κ1) is 26.2. The maximum absolute atomic E-state index is 13.9. The van der Waals surface area contributed by atoms with E-state index in [2.05, 4.69) is 27.5 Å². The predicted molar refractivity (Wildman–Crippen MR) is 153 cm³/mol. The van der Waals surface area contributed by atoms with E-state index >= 15 is 0 Å². The summed E-state index contributed by atoms with van der Waals surface area (Å²) in [6, 6.07) is 8.54. The van der Waals surface area contributed by atoms with E-state index in [9.17, 15) is 13.2 Å². The van der Waals surface area contributed by atoms with Gasteiger partial charge in [0, 0.05) is 49.9 Å². The topological polar surface area (TPSA) is 103 Å². The Morgan fingerprint density at radius 2 is 1.85 bits per heavy atom. The number of carbonyl (C=O) groups excluding carboxylic acids is 1. The molecule has 12 heteroatoms. The lowest BCUT2D eigenvalue weighted by atomic mass is 9.98. The lowest BCUT2D eigenvalue weighted by molar-refractivity contribution is 0.0607.